The van der Waals surface area contributed by atoms with Crippen molar-refractivity contribution in [2.75, 3.05) is 13.7 Å². The fraction of sp³-hybridized carbons (Fsp3) is 0.400. The highest BCUT2D eigenvalue weighted by atomic mass is 79.9. The molecule has 4 rings (SSSR count). The minimum Gasteiger partial charge on any atom is -0.495 e. The third kappa shape index (κ3) is 5.57. The van der Waals surface area contributed by atoms with Crippen LogP contribution in [0.4, 0.5) is 0 Å². The Labute approximate surface area is 237 Å². The van der Waals surface area contributed by atoms with Crippen LogP contribution in [0, 0.1) is 17.4 Å². The quantitative estimate of drug-likeness (QED) is 0.277. The lowest BCUT2D eigenvalue weighted by Crippen LogP contribution is -2.44. The molecule has 6 nitrogen and oxygen atoms in total. The maximum atomic E-state index is 13.4. The van der Waals surface area contributed by atoms with Gasteiger partial charge in [0.1, 0.15) is 12.4 Å². The molecule has 0 radical (unpaired) electrons. The molecular formula is C30H32BrClN2O4. The van der Waals surface area contributed by atoms with Crippen LogP contribution < -0.4 is 14.2 Å². The van der Waals surface area contributed by atoms with E-state index in [9.17, 15) is 10.1 Å². The van der Waals surface area contributed by atoms with Crippen molar-refractivity contribution < 1.29 is 19.0 Å². The van der Waals surface area contributed by atoms with E-state index in [2.05, 4.69) is 29.0 Å². The first-order valence-corrected chi connectivity index (χ1v) is 14.0. The van der Waals surface area contributed by atoms with Crippen molar-refractivity contribution in [3.05, 3.63) is 74.4 Å². The van der Waals surface area contributed by atoms with Crippen molar-refractivity contribution in [2.45, 2.75) is 58.6 Å². The highest BCUT2D eigenvalue weighted by Gasteiger charge is 2.43. The maximum absolute atomic E-state index is 13.4. The summed E-state index contributed by atoms with van der Waals surface area (Å²) in [5.41, 5.74) is 3.52. The Bertz CT molecular complexity index is 1320. The highest BCUT2D eigenvalue weighted by Crippen LogP contribution is 2.48. The molecule has 2 aromatic rings. The summed E-state index contributed by atoms with van der Waals surface area (Å²) in [4.78, 5) is 15.1. The second kappa shape index (κ2) is 12.3. The molecule has 200 valence electrons. The van der Waals surface area contributed by atoms with Crippen molar-refractivity contribution in [3.63, 3.8) is 0 Å². The summed E-state index contributed by atoms with van der Waals surface area (Å²) >= 11 is 10.2. The van der Waals surface area contributed by atoms with Gasteiger partial charge in [-0.15, -0.1) is 0 Å². The number of ketones is 1. The van der Waals surface area contributed by atoms with E-state index in [-0.39, 0.29) is 24.3 Å². The van der Waals surface area contributed by atoms with Gasteiger partial charge < -0.3 is 14.2 Å². The zero-order chi connectivity index (χ0) is 27.4. The summed E-state index contributed by atoms with van der Waals surface area (Å²) < 4.78 is 18.3. The van der Waals surface area contributed by atoms with Gasteiger partial charge in [-0.05, 0) is 84.1 Å². The molecular weight excluding hydrogens is 568 g/mol. The third-order valence-corrected chi connectivity index (χ3v) is 8.06. The van der Waals surface area contributed by atoms with Crippen LogP contribution in [0.2, 0.25) is 5.02 Å². The van der Waals surface area contributed by atoms with Crippen LogP contribution in [0.3, 0.4) is 0 Å². The molecule has 1 saturated heterocycles. The zero-order valence-electron chi connectivity index (χ0n) is 22.1. The maximum Gasteiger partial charge on any atom is 0.184 e. The number of halogens is 2. The molecule has 3 atom stereocenters. The number of ether oxygens (including phenoxy) is 3. The molecule has 1 fully saturated rings. The number of rotatable bonds is 9. The van der Waals surface area contributed by atoms with Crippen LogP contribution in [0.1, 0.15) is 57.1 Å². The van der Waals surface area contributed by atoms with Gasteiger partial charge >= 0.3 is 0 Å². The normalized spacial score (nSPS) is 20.7. The second-order valence-corrected chi connectivity index (χ2v) is 10.8. The predicted octanol–water partition coefficient (Wildman–Crippen LogP) is 7.56. The van der Waals surface area contributed by atoms with Gasteiger partial charge in [0.2, 0.25) is 0 Å². The van der Waals surface area contributed by atoms with E-state index in [1.54, 1.807) is 24.2 Å². The van der Waals surface area contributed by atoms with Crippen LogP contribution in [0.25, 0.3) is 0 Å². The number of hydrogen-bond acceptors (Lipinski definition) is 6. The lowest BCUT2D eigenvalue weighted by Gasteiger charge is -2.43. The Hall–Kier alpha value is -2.95. The number of hydrogen-bond donors (Lipinski definition) is 0. The van der Waals surface area contributed by atoms with E-state index in [0.29, 0.717) is 35.3 Å². The number of benzene rings is 2. The first-order valence-electron chi connectivity index (χ1n) is 12.9. The Kier molecular flexibility index (Phi) is 9.07. The van der Waals surface area contributed by atoms with Gasteiger partial charge in [-0.25, -0.2) is 0 Å². The van der Waals surface area contributed by atoms with E-state index in [0.717, 1.165) is 39.7 Å². The van der Waals surface area contributed by atoms with Gasteiger partial charge in [0.15, 0.2) is 23.5 Å². The fourth-order valence-corrected chi connectivity index (χ4v) is 6.16. The monoisotopic (exact) mass is 598 g/mol. The van der Waals surface area contributed by atoms with Crippen molar-refractivity contribution >= 4 is 33.3 Å². The molecule has 1 aliphatic heterocycles. The molecule has 38 heavy (non-hydrogen) atoms. The molecule has 3 unspecified atom stereocenters. The third-order valence-electron chi connectivity index (χ3n) is 7.04. The van der Waals surface area contributed by atoms with E-state index in [4.69, 9.17) is 25.8 Å². The molecule has 2 aliphatic rings. The number of nitrogens with zero attached hydrogens (tertiary/aromatic N) is 2. The number of carbonyl (C=O) groups excluding carboxylic acids is 1. The minimum atomic E-state index is -0.421. The largest absolute Gasteiger partial charge is 0.495 e. The summed E-state index contributed by atoms with van der Waals surface area (Å²) in [6.07, 6.45) is 8.52. The number of piperidine rings is 1. The Morgan fingerprint density at radius 2 is 1.97 bits per heavy atom. The lowest BCUT2D eigenvalue weighted by molar-refractivity contribution is -0.119. The van der Waals surface area contributed by atoms with Crippen molar-refractivity contribution in [2.24, 2.45) is 5.92 Å². The van der Waals surface area contributed by atoms with Crippen molar-refractivity contribution in [1.82, 2.24) is 4.90 Å². The smallest absolute Gasteiger partial charge is 0.184 e. The molecule has 0 spiro atoms. The molecule has 1 heterocycles. The predicted molar refractivity (Wildman–Crippen MR) is 151 cm³/mol. The van der Waals surface area contributed by atoms with E-state index < -0.39 is 5.92 Å². The van der Waals surface area contributed by atoms with Gasteiger partial charge in [0.05, 0.1) is 29.1 Å². The SMILES string of the molecule is CCCC1=CC(=O)C2C(=C1)N(C#N)C(C)CC2c1cc(Br)c(OCc2cccc(OC)c2Cl)c(OCC)c1. The van der Waals surface area contributed by atoms with Crippen LogP contribution in [0.5, 0.6) is 17.2 Å². The highest BCUT2D eigenvalue weighted by molar-refractivity contribution is 9.10. The van der Waals surface area contributed by atoms with E-state index in [1.807, 2.05) is 44.2 Å². The second-order valence-electron chi connectivity index (χ2n) is 9.56. The van der Waals surface area contributed by atoms with Crippen LogP contribution in [0.15, 0.2) is 58.2 Å². The van der Waals surface area contributed by atoms with Gasteiger partial charge in [-0.2, -0.15) is 5.26 Å². The first-order chi connectivity index (χ1) is 18.3. The van der Waals surface area contributed by atoms with Gasteiger partial charge in [0.25, 0.3) is 0 Å². The van der Waals surface area contributed by atoms with Gasteiger partial charge in [-0.3, -0.25) is 9.69 Å². The molecule has 0 saturated carbocycles. The van der Waals surface area contributed by atoms with E-state index in [1.165, 1.54) is 0 Å². The summed E-state index contributed by atoms with van der Waals surface area (Å²) in [5.74, 6) is 1.25. The van der Waals surface area contributed by atoms with Crippen LogP contribution >= 0.6 is 27.5 Å². The number of methoxy groups -OCH3 is 1. The van der Waals surface area contributed by atoms with Gasteiger partial charge in [-0.1, -0.05) is 37.1 Å². The summed E-state index contributed by atoms with van der Waals surface area (Å²) in [6, 6.07) is 9.48. The topological polar surface area (TPSA) is 71.8 Å². The number of nitriles is 1. The standard InChI is InChI=1S/C30H32BrClN2O4/c1-5-8-19-12-24-28(25(35)13-19)22(11-18(3)34(24)17-33)21-14-23(31)30(27(15-21)37-6-2)38-16-20-9-7-10-26(36-4)29(20)32/h7,9-10,12-15,18,22,28H,5-6,8,11,16H2,1-4H3. The lowest BCUT2D eigenvalue weighted by atomic mass is 9.71. The van der Waals surface area contributed by atoms with Crippen molar-refractivity contribution in [1.29, 1.82) is 5.26 Å². The number of allylic oxidation sites excluding steroid dienone is 4. The average Bonchev–Trinajstić information content (AvgIpc) is 2.88. The van der Waals surface area contributed by atoms with Crippen LogP contribution in [-0.4, -0.2) is 30.4 Å². The van der Waals surface area contributed by atoms with Gasteiger partial charge in [0, 0.05) is 23.2 Å². The molecule has 8 heteroatoms. The number of fused-ring (bicyclic) bond motifs is 1. The fourth-order valence-electron chi connectivity index (χ4n) is 5.33. The minimum absolute atomic E-state index is 0.0401. The summed E-state index contributed by atoms with van der Waals surface area (Å²) in [7, 11) is 1.58. The summed E-state index contributed by atoms with van der Waals surface area (Å²) in [5, 5.41) is 10.4. The zero-order valence-corrected chi connectivity index (χ0v) is 24.4. The molecule has 0 amide bonds. The molecule has 0 aromatic heterocycles. The average molecular weight is 600 g/mol. The molecule has 1 aliphatic carbocycles. The Morgan fingerprint density at radius 1 is 1.18 bits per heavy atom. The Balaban J connectivity index is 1.69. The number of likely N-dealkylation sites (tertiary alicyclic amines) is 1. The van der Waals surface area contributed by atoms with E-state index >= 15 is 0 Å². The Morgan fingerprint density at radius 3 is 2.66 bits per heavy atom. The van der Waals surface area contributed by atoms with Crippen molar-refractivity contribution in [3.8, 4) is 23.4 Å². The summed E-state index contributed by atoms with van der Waals surface area (Å²) in [6.45, 7) is 6.71. The molecule has 2 aromatic carbocycles. The first kappa shape index (κ1) is 28.1. The number of carbonyl (C=O) groups is 1. The van der Waals surface area contributed by atoms with Crippen LogP contribution in [-0.2, 0) is 11.4 Å². The molecule has 0 bridgehead atoms. The molecule has 0 N–H and O–H groups in total.